The number of carbonyl (C=O) groups excluding carboxylic acids is 1. The van der Waals surface area contributed by atoms with Gasteiger partial charge in [0.2, 0.25) is 0 Å². The van der Waals surface area contributed by atoms with Crippen molar-refractivity contribution in [3.8, 4) is 0 Å². The van der Waals surface area contributed by atoms with E-state index < -0.39 is 25.6 Å². The summed E-state index contributed by atoms with van der Waals surface area (Å²) < 4.78 is 6.72. The molecule has 1 fully saturated rings. The second-order valence-electron chi connectivity index (χ2n) is 9.95. The largest absolute Gasteiger partial charge is 0.481 e. The molecule has 4 nitrogen and oxygen atoms in total. The zero-order chi connectivity index (χ0) is 19.2. The summed E-state index contributed by atoms with van der Waals surface area (Å²) in [6.07, 6.45) is 6.35. The predicted octanol–water partition coefficient (Wildman–Crippen LogP) is 4.51. The molecule has 1 N–H and O–H groups in total. The van der Waals surface area contributed by atoms with E-state index in [-0.39, 0.29) is 28.9 Å². The second-order valence-corrected chi connectivity index (χ2v) is 14.7. The summed E-state index contributed by atoms with van der Waals surface area (Å²) in [5.74, 6) is -1.16. The topological polar surface area (TPSA) is 63.6 Å². The standard InChI is InChI=1S/C20H34O4Si/c1-13-8-9-14-10-20(5,12-21)11-15(17(14)16(13)18(22)23)24-25(6,7)19(2,3)4/h8-9,12-17H,10-11H2,1-7H3,(H,22,23)/t13-,14-,15-,16-,17+,20-/m0/s1. The van der Waals surface area contributed by atoms with E-state index in [0.717, 1.165) is 6.29 Å². The maximum atomic E-state index is 12.0. The third-order valence-electron chi connectivity index (χ3n) is 6.76. The van der Waals surface area contributed by atoms with Crippen LogP contribution in [0.1, 0.15) is 47.5 Å². The van der Waals surface area contributed by atoms with Crippen molar-refractivity contribution in [2.45, 2.75) is 71.7 Å². The first-order valence-corrected chi connectivity index (χ1v) is 12.3. The molecule has 0 spiro atoms. The van der Waals surface area contributed by atoms with E-state index in [1.807, 2.05) is 19.9 Å². The van der Waals surface area contributed by atoms with E-state index in [4.69, 9.17) is 4.43 Å². The van der Waals surface area contributed by atoms with Crippen LogP contribution in [0.15, 0.2) is 12.2 Å². The summed E-state index contributed by atoms with van der Waals surface area (Å²) in [4.78, 5) is 23.8. The van der Waals surface area contributed by atoms with E-state index in [9.17, 15) is 14.7 Å². The summed E-state index contributed by atoms with van der Waals surface area (Å²) in [5.41, 5.74) is -0.442. The van der Waals surface area contributed by atoms with Gasteiger partial charge in [-0.05, 0) is 42.8 Å². The highest BCUT2D eigenvalue weighted by molar-refractivity contribution is 6.74. The number of fused-ring (bicyclic) bond motifs is 1. The number of hydrogen-bond donors (Lipinski definition) is 1. The highest BCUT2D eigenvalue weighted by Gasteiger charge is 2.53. The number of carboxylic acid groups (broad SMARTS) is 1. The molecular formula is C20H34O4Si. The Morgan fingerprint density at radius 3 is 2.36 bits per heavy atom. The molecule has 0 heterocycles. The van der Waals surface area contributed by atoms with Crippen molar-refractivity contribution < 1.29 is 19.1 Å². The molecular weight excluding hydrogens is 332 g/mol. The van der Waals surface area contributed by atoms with Crippen molar-refractivity contribution in [3.05, 3.63) is 12.2 Å². The first-order chi connectivity index (χ1) is 11.3. The maximum absolute atomic E-state index is 12.0. The minimum Gasteiger partial charge on any atom is -0.481 e. The van der Waals surface area contributed by atoms with Crippen molar-refractivity contribution in [2.24, 2.45) is 29.1 Å². The molecule has 1 saturated carbocycles. The molecule has 0 radical (unpaired) electrons. The van der Waals surface area contributed by atoms with Gasteiger partial charge in [0.25, 0.3) is 0 Å². The monoisotopic (exact) mass is 366 g/mol. The zero-order valence-electron chi connectivity index (χ0n) is 16.7. The van der Waals surface area contributed by atoms with E-state index in [0.29, 0.717) is 12.8 Å². The van der Waals surface area contributed by atoms with Gasteiger partial charge in [0.1, 0.15) is 6.29 Å². The fraction of sp³-hybridized carbons (Fsp3) is 0.800. The molecule has 0 unspecified atom stereocenters. The quantitative estimate of drug-likeness (QED) is 0.451. The molecule has 0 aromatic heterocycles. The lowest BCUT2D eigenvalue weighted by Gasteiger charge is -2.52. The third-order valence-corrected chi connectivity index (χ3v) is 11.3. The Bertz CT molecular complexity index is 563. The van der Waals surface area contributed by atoms with E-state index in [1.165, 1.54) is 0 Å². The van der Waals surface area contributed by atoms with Crippen molar-refractivity contribution in [3.63, 3.8) is 0 Å². The molecule has 0 amide bonds. The number of hydrogen-bond acceptors (Lipinski definition) is 3. The Labute approximate surface area is 153 Å². The van der Waals surface area contributed by atoms with Crippen LogP contribution >= 0.6 is 0 Å². The number of allylic oxidation sites excluding steroid dienone is 2. The van der Waals surface area contributed by atoms with E-state index >= 15 is 0 Å². The minimum atomic E-state index is -2.06. The summed E-state index contributed by atoms with van der Waals surface area (Å²) in [6.45, 7) is 14.9. The second kappa shape index (κ2) is 6.65. The summed E-state index contributed by atoms with van der Waals surface area (Å²) >= 11 is 0. The zero-order valence-corrected chi connectivity index (χ0v) is 17.7. The summed E-state index contributed by atoms with van der Waals surface area (Å²) in [7, 11) is -2.06. The van der Waals surface area contributed by atoms with Gasteiger partial charge in [0.15, 0.2) is 8.32 Å². The summed E-state index contributed by atoms with van der Waals surface area (Å²) in [6, 6.07) is 0. The number of rotatable bonds is 4. The van der Waals surface area contributed by atoms with Gasteiger partial charge >= 0.3 is 5.97 Å². The highest BCUT2D eigenvalue weighted by atomic mass is 28.4. The number of aldehydes is 1. The Kier molecular flexibility index (Phi) is 5.42. The Morgan fingerprint density at radius 2 is 1.88 bits per heavy atom. The molecule has 5 heteroatoms. The first kappa shape index (κ1) is 20.4. The van der Waals surface area contributed by atoms with Gasteiger partial charge in [-0.2, -0.15) is 0 Å². The lowest BCUT2D eigenvalue weighted by molar-refractivity contribution is -0.152. The SMILES string of the molecule is C[C@H]1C=C[C@H]2C[C@](C)(C=O)C[C@H](O[Si](C)(C)C(C)(C)C)[C@@H]2[C@H]1C(=O)O. The molecule has 25 heavy (non-hydrogen) atoms. The average Bonchev–Trinajstić information content (AvgIpc) is 2.46. The molecule has 0 aromatic rings. The predicted molar refractivity (Wildman–Crippen MR) is 102 cm³/mol. The fourth-order valence-electron chi connectivity index (χ4n) is 4.27. The van der Waals surface area contributed by atoms with Crippen LogP contribution in [0.3, 0.4) is 0 Å². The molecule has 2 aliphatic rings. The van der Waals surface area contributed by atoms with Gasteiger partial charge < -0.3 is 14.3 Å². The normalized spacial score (nSPS) is 38.9. The van der Waals surface area contributed by atoms with Gasteiger partial charge in [0.05, 0.1) is 12.0 Å². The third kappa shape index (κ3) is 3.92. The number of carbonyl (C=O) groups is 2. The Balaban J connectivity index is 2.43. The smallest absolute Gasteiger partial charge is 0.307 e. The van der Waals surface area contributed by atoms with Gasteiger partial charge in [-0.15, -0.1) is 0 Å². The highest BCUT2D eigenvalue weighted by Crippen LogP contribution is 2.51. The lowest BCUT2D eigenvalue weighted by atomic mass is 9.58. The molecule has 142 valence electrons. The van der Waals surface area contributed by atoms with Crippen LogP contribution in [0.25, 0.3) is 0 Å². The van der Waals surface area contributed by atoms with Crippen LogP contribution < -0.4 is 0 Å². The van der Waals surface area contributed by atoms with Gasteiger partial charge in [-0.3, -0.25) is 4.79 Å². The van der Waals surface area contributed by atoms with Crippen LogP contribution in [0.5, 0.6) is 0 Å². The molecule has 2 rings (SSSR count). The van der Waals surface area contributed by atoms with Crippen LogP contribution in [-0.4, -0.2) is 31.8 Å². The van der Waals surface area contributed by atoms with E-state index in [2.05, 4.69) is 39.9 Å². The molecule has 6 atom stereocenters. The van der Waals surface area contributed by atoms with Crippen LogP contribution in [0.4, 0.5) is 0 Å². The van der Waals surface area contributed by atoms with Crippen LogP contribution in [0.2, 0.25) is 18.1 Å². The molecule has 0 bridgehead atoms. The van der Waals surface area contributed by atoms with Gasteiger partial charge in [0, 0.05) is 11.3 Å². The fourth-order valence-corrected chi connectivity index (χ4v) is 5.62. The summed E-state index contributed by atoms with van der Waals surface area (Å²) in [5, 5.41) is 9.91. The maximum Gasteiger partial charge on any atom is 0.307 e. The molecule has 2 aliphatic carbocycles. The average molecular weight is 367 g/mol. The molecule has 0 aromatic carbocycles. The Hall–Kier alpha value is -0.943. The first-order valence-electron chi connectivity index (χ1n) is 9.36. The van der Waals surface area contributed by atoms with Gasteiger partial charge in [-0.1, -0.05) is 46.8 Å². The van der Waals surface area contributed by atoms with E-state index in [1.54, 1.807) is 0 Å². The van der Waals surface area contributed by atoms with Crippen molar-refractivity contribution >= 4 is 20.6 Å². The Morgan fingerprint density at radius 1 is 1.28 bits per heavy atom. The van der Waals surface area contributed by atoms with Crippen LogP contribution in [-0.2, 0) is 14.0 Å². The number of aliphatic carboxylic acids is 1. The van der Waals surface area contributed by atoms with Gasteiger partial charge in [-0.25, -0.2) is 0 Å². The molecule has 0 saturated heterocycles. The van der Waals surface area contributed by atoms with Crippen molar-refractivity contribution in [1.82, 2.24) is 0 Å². The lowest BCUT2D eigenvalue weighted by Crippen LogP contribution is -2.55. The molecule has 0 aliphatic heterocycles. The van der Waals surface area contributed by atoms with Crippen LogP contribution in [0, 0.1) is 29.1 Å². The minimum absolute atomic E-state index is 0.00940. The number of carboxylic acids is 1. The van der Waals surface area contributed by atoms with Crippen molar-refractivity contribution in [1.29, 1.82) is 0 Å². The van der Waals surface area contributed by atoms with Crippen molar-refractivity contribution in [2.75, 3.05) is 0 Å².